The Morgan fingerprint density at radius 3 is 2.36 bits per heavy atom. The Bertz CT molecular complexity index is 256. The van der Waals surface area contributed by atoms with Crippen molar-refractivity contribution in [3.63, 3.8) is 0 Å². The quantitative estimate of drug-likeness (QED) is 0.554. The largest absolute Gasteiger partial charge is 0.318 e. The van der Waals surface area contributed by atoms with E-state index in [2.05, 4.69) is 65.1 Å². The number of hydrogen-bond donors (Lipinski definition) is 0. The minimum atomic E-state index is 1.29. The minimum Gasteiger partial charge on any atom is -0.318 e. The summed E-state index contributed by atoms with van der Waals surface area (Å²) in [5.74, 6) is 0. The van der Waals surface area contributed by atoms with Gasteiger partial charge in [-0.1, -0.05) is 17.7 Å². The predicted molar refractivity (Wildman–Crippen MR) is 58.3 cm³/mol. The van der Waals surface area contributed by atoms with Crippen LogP contribution in [0.3, 0.4) is 0 Å². The molecule has 0 fully saturated rings. The van der Waals surface area contributed by atoms with E-state index in [0.29, 0.717) is 0 Å². The average Bonchev–Trinajstić information content (AvgIpc) is 1.85. The van der Waals surface area contributed by atoms with Crippen LogP contribution in [0.5, 0.6) is 0 Å². The maximum Gasteiger partial charge on any atom is 0.0588 e. The summed E-state index contributed by atoms with van der Waals surface area (Å²) in [5, 5.41) is 0. The van der Waals surface area contributed by atoms with Gasteiger partial charge < -0.3 is 3.11 Å². The van der Waals surface area contributed by atoms with Crippen molar-refractivity contribution in [2.24, 2.45) is 0 Å². The first-order valence-electron chi connectivity index (χ1n) is 3.58. The molecular weight excluding hydrogens is 249 g/mol. The molecule has 0 aliphatic rings. The molecule has 0 heterocycles. The summed E-state index contributed by atoms with van der Waals surface area (Å²) >= 11 is 2.28. The lowest BCUT2D eigenvalue weighted by Gasteiger charge is -2.12. The van der Waals surface area contributed by atoms with E-state index in [1.54, 1.807) is 0 Å². The van der Waals surface area contributed by atoms with Gasteiger partial charge in [0, 0.05) is 12.7 Å². The Kier molecular flexibility index (Phi) is 2.76. The van der Waals surface area contributed by atoms with Crippen LogP contribution in [0.1, 0.15) is 11.1 Å². The number of hydrogen-bond acceptors (Lipinski definition) is 1. The van der Waals surface area contributed by atoms with Gasteiger partial charge in [-0.3, -0.25) is 0 Å². The zero-order valence-corrected chi connectivity index (χ0v) is 9.21. The first-order valence-corrected chi connectivity index (χ1v) is 4.54. The molecule has 0 bridgehead atoms. The highest BCUT2D eigenvalue weighted by Gasteiger charge is 1.99. The number of nitrogens with zero attached hydrogens (tertiary/aromatic N) is 1. The van der Waals surface area contributed by atoms with Gasteiger partial charge in [-0.05, 0) is 25.5 Å². The summed E-state index contributed by atoms with van der Waals surface area (Å²) in [4.78, 5) is 0. The van der Waals surface area contributed by atoms with E-state index in [-0.39, 0.29) is 0 Å². The Labute approximate surface area is 81.9 Å². The molecule has 1 aromatic carbocycles. The molecule has 0 N–H and O–H groups in total. The Morgan fingerprint density at radius 2 is 1.91 bits per heavy atom. The number of anilines is 1. The van der Waals surface area contributed by atoms with E-state index in [4.69, 9.17) is 0 Å². The fourth-order valence-electron chi connectivity index (χ4n) is 1.15. The van der Waals surface area contributed by atoms with Gasteiger partial charge in [0.05, 0.1) is 22.9 Å². The third kappa shape index (κ3) is 2.09. The third-order valence-corrected chi connectivity index (χ3v) is 2.20. The molecule has 60 valence electrons. The van der Waals surface area contributed by atoms with E-state index in [1.807, 2.05) is 0 Å². The fourth-order valence-corrected chi connectivity index (χ4v) is 1.69. The van der Waals surface area contributed by atoms with Gasteiger partial charge in [-0.15, -0.1) is 0 Å². The summed E-state index contributed by atoms with van der Waals surface area (Å²) in [6.07, 6.45) is 0. The molecule has 0 aliphatic carbocycles. The molecule has 1 rings (SSSR count). The minimum absolute atomic E-state index is 1.29. The number of rotatable bonds is 1. The standard InChI is InChI=1S/C9H12IN/c1-7-4-5-9(11(3)10)8(2)6-7/h4-6H,1-3H3. The zero-order valence-electron chi connectivity index (χ0n) is 7.06. The molecule has 0 saturated heterocycles. The van der Waals surface area contributed by atoms with E-state index in [0.717, 1.165) is 0 Å². The van der Waals surface area contributed by atoms with Gasteiger partial charge in [0.2, 0.25) is 0 Å². The lowest BCUT2D eigenvalue weighted by molar-refractivity contribution is 1.31. The lowest BCUT2D eigenvalue weighted by atomic mass is 10.1. The van der Waals surface area contributed by atoms with Crippen molar-refractivity contribution in [1.29, 1.82) is 0 Å². The van der Waals surface area contributed by atoms with Crippen LogP contribution >= 0.6 is 22.9 Å². The highest BCUT2D eigenvalue weighted by molar-refractivity contribution is 14.1. The second kappa shape index (κ2) is 3.43. The Morgan fingerprint density at radius 1 is 1.27 bits per heavy atom. The van der Waals surface area contributed by atoms with Gasteiger partial charge in [0.1, 0.15) is 0 Å². The highest BCUT2D eigenvalue weighted by atomic mass is 127. The Balaban J connectivity index is 3.09. The van der Waals surface area contributed by atoms with Crippen LogP contribution in [0.25, 0.3) is 0 Å². The summed E-state index contributed by atoms with van der Waals surface area (Å²) in [6, 6.07) is 6.49. The van der Waals surface area contributed by atoms with E-state index < -0.39 is 0 Å². The summed E-state index contributed by atoms with van der Waals surface area (Å²) < 4.78 is 2.10. The molecule has 11 heavy (non-hydrogen) atoms. The topological polar surface area (TPSA) is 3.24 Å². The van der Waals surface area contributed by atoms with Crippen LogP contribution in [0, 0.1) is 13.8 Å². The van der Waals surface area contributed by atoms with Crippen LogP contribution in [0.2, 0.25) is 0 Å². The van der Waals surface area contributed by atoms with Gasteiger partial charge >= 0.3 is 0 Å². The molecule has 0 spiro atoms. The van der Waals surface area contributed by atoms with E-state index in [1.165, 1.54) is 16.8 Å². The molecule has 1 aromatic rings. The normalized spacial score (nSPS) is 9.82. The molecule has 0 atom stereocenters. The SMILES string of the molecule is Cc1ccc(N(C)I)c(C)c1. The van der Waals surface area contributed by atoms with Gasteiger partial charge in [0.25, 0.3) is 0 Å². The zero-order chi connectivity index (χ0) is 8.43. The third-order valence-electron chi connectivity index (χ3n) is 1.68. The number of aryl methyl sites for hydroxylation is 2. The summed E-state index contributed by atoms with van der Waals surface area (Å²) in [5.41, 5.74) is 3.95. The van der Waals surface area contributed by atoms with E-state index >= 15 is 0 Å². The van der Waals surface area contributed by atoms with Crippen LogP contribution in [-0.2, 0) is 0 Å². The van der Waals surface area contributed by atoms with Gasteiger partial charge in [-0.25, -0.2) is 0 Å². The van der Waals surface area contributed by atoms with Crippen molar-refractivity contribution >= 4 is 28.6 Å². The maximum atomic E-state index is 2.28. The lowest BCUT2D eigenvalue weighted by Crippen LogP contribution is -2.01. The average molecular weight is 261 g/mol. The molecule has 2 heteroatoms. The molecule has 0 aromatic heterocycles. The summed E-state index contributed by atoms with van der Waals surface area (Å²) in [6.45, 7) is 4.25. The fraction of sp³-hybridized carbons (Fsp3) is 0.333. The van der Waals surface area contributed by atoms with Crippen LogP contribution < -0.4 is 3.11 Å². The van der Waals surface area contributed by atoms with Crippen molar-refractivity contribution in [3.8, 4) is 0 Å². The van der Waals surface area contributed by atoms with Crippen molar-refractivity contribution in [3.05, 3.63) is 29.3 Å². The maximum absolute atomic E-state index is 2.28. The van der Waals surface area contributed by atoms with Crippen molar-refractivity contribution in [2.75, 3.05) is 10.2 Å². The molecule has 0 unspecified atom stereocenters. The van der Waals surface area contributed by atoms with Crippen LogP contribution in [0.4, 0.5) is 5.69 Å². The molecule has 0 amide bonds. The summed E-state index contributed by atoms with van der Waals surface area (Å²) in [7, 11) is 2.05. The van der Waals surface area contributed by atoms with Crippen LogP contribution in [0.15, 0.2) is 18.2 Å². The predicted octanol–water partition coefficient (Wildman–Crippen LogP) is 3.09. The van der Waals surface area contributed by atoms with Gasteiger partial charge in [-0.2, -0.15) is 0 Å². The second-order valence-corrected chi connectivity index (χ2v) is 4.21. The highest BCUT2D eigenvalue weighted by Crippen LogP contribution is 2.21. The Hall–Kier alpha value is -0.250. The first kappa shape index (κ1) is 8.84. The molecule has 0 radical (unpaired) electrons. The molecular formula is C9H12IN. The number of halogens is 1. The van der Waals surface area contributed by atoms with Crippen LogP contribution in [-0.4, -0.2) is 7.05 Å². The smallest absolute Gasteiger partial charge is 0.0588 e. The van der Waals surface area contributed by atoms with Gasteiger partial charge in [0.15, 0.2) is 0 Å². The molecule has 0 saturated carbocycles. The van der Waals surface area contributed by atoms with Crippen molar-refractivity contribution in [1.82, 2.24) is 0 Å². The van der Waals surface area contributed by atoms with Crippen molar-refractivity contribution in [2.45, 2.75) is 13.8 Å². The monoisotopic (exact) mass is 261 g/mol. The van der Waals surface area contributed by atoms with E-state index in [9.17, 15) is 0 Å². The van der Waals surface area contributed by atoms with Crippen molar-refractivity contribution < 1.29 is 0 Å². The molecule has 1 nitrogen and oxygen atoms in total. The number of benzene rings is 1. The first-order chi connectivity index (χ1) is 5.11. The second-order valence-electron chi connectivity index (χ2n) is 2.77. The molecule has 0 aliphatic heterocycles.